The van der Waals surface area contributed by atoms with E-state index in [1.165, 1.54) is 26.2 Å². The average Bonchev–Trinajstić information content (AvgIpc) is 3.20. The molecule has 1 aliphatic carbocycles. The van der Waals surface area contributed by atoms with Crippen LogP contribution in [0.25, 0.3) is 0 Å². The summed E-state index contributed by atoms with van der Waals surface area (Å²) in [5, 5.41) is 0. The van der Waals surface area contributed by atoms with Crippen molar-refractivity contribution < 1.29 is 16.8 Å². The van der Waals surface area contributed by atoms with Crippen LogP contribution in [0.3, 0.4) is 0 Å². The minimum atomic E-state index is -3.44. The predicted octanol–water partition coefficient (Wildman–Crippen LogP) is 0.561. The number of rotatable bonds is 7. The van der Waals surface area contributed by atoms with Crippen molar-refractivity contribution >= 4 is 20.0 Å². The van der Waals surface area contributed by atoms with Gasteiger partial charge in [-0.15, -0.1) is 0 Å². The number of aryl methyl sites for hydroxylation is 1. The molecule has 1 saturated carbocycles. The third kappa shape index (κ3) is 4.50. The van der Waals surface area contributed by atoms with Gasteiger partial charge in [0.2, 0.25) is 20.0 Å². The minimum Gasteiger partial charge on any atom is -0.212 e. The Kier molecular flexibility index (Phi) is 4.72. The molecule has 1 aromatic rings. The van der Waals surface area contributed by atoms with Gasteiger partial charge in [-0.25, -0.2) is 25.9 Å². The summed E-state index contributed by atoms with van der Waals surface area (Å²) in [6, 6.07) is 6.44. The minimum absolute atomic E-state index is 0.0171. The van der Waals surface area contributed by atoms with Gasteiger partial charge in [-0.1, -0.05) is 12.1 Å². The number of sulfonamides is 2. The van der Waals surface area contributed by atoms with Crippen LogP contribution in [0.1, 0.15) is 18.4 Å². The molecule has 0 heterocycles. The van der Waals surface area contributed by atoms with E-state index in [0.717, 1.165) is 22.7 Å². The molecule has 0 aromatic heterocycles. The van der Waals surface area contributed by atoms with Gasteiger partial charge in [0.1, 0.15) is 0 Å². The normalized spacial score (nSPS) is 16.3. The highest BCUT2D eigenvalue weighted by molar-refractivity contribution is 7.89. The standard InChI is InChI=1S/C13H20N2O4S2/c1-15(2)21(18,19)13-7-3-11(4-8-13)9-10-20(16,17)14-12-5-6-12/h3-4,7-8,12,14H,5-6,9-10H2,1-2H3. The fraction of sp³-hybridized carbons (Fsp3) is 0.538. The maximum absolute atomic E-state index is 11.9. The zero-order chi connectivity index (χ0) is 15.7. The van der Waals surface area contributed by atoms with Crippen LogP contribution in [0, 0.1) is 0 Å². The summed E-state index contributed by atoms with van der Waals surface area (Å²) in [6.07, 6.45) is 2.19. The molecule has 0 bridgehead atoms. The molecule has 118 valence electrons. The van der Waals surface area contributed by atoms with Crippen molar-refractivity contribution in [1.29, 1.82) is 0 Å². The third-order valence-corrected chi connectivity index (χ3v) is 6.55. The van der Waals surface area contributed by atoms with Gasteiger partial charge in [-0.2, -0.15) is 0 Å². The van der Waals surface area contributed by atoms with E-state index in [9.17, 15) is 16.8 Å². The molecule has 1 aromatic carbocycles. The highest BCUT2D eigenvalue weighted by Crippen LogP contribution is 2.20. The van der Waals surface area contributed by atoms with Crippen LogP contribution in [-0.2, 0) is 26.5 Å². The van der Waals surface area contributed by atoms with Crippen LogP contribution in [0.4, 0.5) is 0 Å². The smallest absolute Gasteiger partial charge is 0.212 e. The molecule has 0 aliphatic heterocycles. The molecule has 0 atom stereocenters. The van der Waals surface area contributed by atoms with Crippen LogP contribution in [-0.4, -0.2) is 47.0 Å². The Morgan fingerprint density at radius 1 is 1.10 bits per heavy atom. The predicted molar refractivity (Wildman–Crippen MR) is 81.0 cm³/mol. The quantitative estimate of drug-likeness (QED) is 0.791. The second kappa shape index (κ2) is 6.04. The summed E-state index contributed by atoms with van der Waals surface area (Å²) in [4.78, 5) is 0.204. The molecular formula is C13H20N2O4S2. The number of nitrogens with one attached hydrogen (secondary N) is 1. The Morgan fingerprint density at radius 3 is 2.14 bits per heavy atom. The van der Waals surface area contributed by atoms with Gasteiger partial charge < -0.3 is 0 Å². The largest absolute Gasteiger partial charge is 0.242 e. The van der Waals surface area contributed by atoms with Gasteiger partial charge >= 0.3 is 0 Å². The molecule has 8 heteroatoms. The molecule has 21 heavy (non-hydrogen) atoms. The van der Waals surface area contributed by atoms with E-state index in [2.05, 4.69) is 4.72 Å². The van der Waals surface area contributed by atoms with E-state index in [0.29, 0.717) is 6.42 Å². The van der Waals surface area contributed by atoms with Gasteiger partial charge in [0.25, 0.3) is 0 Å². The lowest BCUT2D eigenvalue weighted by Crippen LogP contribution is -2.29. The van der Waals surface area contributed by atoms with E-state index in [4.69, 9.17) is 0 Å². The van der Waals surface area contributed by atoms with Crippen molar-refractivity contribution in [1.82, 2.24) is 9.03 Å². The van der Waals surface area contributed by atoms with Crippen LogP contribution in [0.15, 0.2) is 29.2 Å². The zero-order valence-corrected chi connectivity index (χ0v) is 13.7. The molecule has 0 spiro atoms. The summed E-state index contributed by atoms with van der Waals surface area (Å²) in [6.45, 7) is 0. The number of benzene rings is 1. The van der Waals surface area contributed by atoms with Crippen LogP contribution in [0.5, 0.6) is 0 Å². The van der Waals surface area contributed by atoms with Crippen molar-refractivity contribution in [2.75, 3.05) is 19.8 Å². The fourth-order valence-corrected chi connectivity index (χ4v) is 4.07. The first-order chi connectivity index (χ1) is 9.71. The molecule has 0 saturated heterocycles. The van der Waals surface area contributed by atoms with Crippen molar-refractivity contribution in [3.05, 3.63) is 29.8 Å². The van der Waals surface area contributed by atoms with Gasteiger partial charge in [-0.05, 0) is 37.0 Å². The van der Waals surface area contributed by atoms with Crippen molar-refractivity contribution in [2.45, 2.75) is 30.2 Å². The van der Waals surface area contributed by atoms with E-state index in [1.807, 2.05) is 0 Å². The lowest BCUT2D eigenvalue weighted by Gasteiger charge is -2.11. The highest BCUT2D eigenvalue weighted by atomic mass is 32.2. The van der Waals surface area contributed by atoms with Crippen molar-refractivity contribution in [3.63, 3.8) is 0 Å². The second-order valence-electron chi connectivity index (χ2n) is 5.39. The van der Waals surface area contributed by atoms with Gasteiger partial charge in [-0.3, -0.25) is 0 Å². The van der Waals surface area contributed by atoms with Crippen LogP contribution in [0.2, 0.25) is 0 Å². The molecule has 6 nitrogen and oxygen atoms in total. The molecular weight excluding hydrogens is 312 g/mol. The second-order valence-corrected chi connectivity index (χ2v) is 9.42. The number of nitrogens with zero attached hydrogens (tertiary/aromatic N) is 1. The number of hydrogen-bond donors (Lipinski definition) is 1. The van der Waals surface area contributed by atoms with Crippen LogP contribution < -0.4 is 4.72 Å². The summed E-state index contributed by atoms with van der Waals surface area (Å²) in [7, 11) is -3.74. The van der Waals surface area contributed by atoms with Crippen molar-refractivity contribution in [2.24, 2.45) is 0 Å². The zero-order valence-electron chi connectivity index (χ0n) is 12.1. The Balaban J connectivity index is 1.99. The van der Waals surface area contributed by atoms with Crippen LogP contribution >= 0.6 is 0 Å². The lowest BCUT2D eigenvalue weighted by atomic mass is 10.2. The van der Waals surface area contributed by atoms with Gasteiger partial charge in [0.15, 0.2) is 0 Å². The number of hydrogen-bond acceptors (Lipinski definition) is 4. The Labute approximate surface area is 126 Å². The summed E-state index contributed by atoms with van der Waals surface area (Å²) in [5.41, 5.74) is 0.800. The Hall–Kier alpha value is -0.960. The topological polar surface area (TPSA) is 83.6 Å². The Morgan fingerprint density at radius 2 is 1.67 bits per heavy atom. The monoisotopic (exact) mass is 332 g/mol. The van der Waals surface area contributed by atoms with E-state index < -0.39 is 20.0 Å². The summed E-state index contributed by atoms with van der Waals surface area (Å²) in [5.74, 6) is 0.0171. The van der Waals surface area contributed by atoms with E-state index in [1.54, 1.807) is 12.1 Å². The highest BCUT2D eigenvalue weighted by Gasteiger charge is 2.26. The molecule has 0 unspecified atom stereocenters. The summed E-state index contributed by atoms with van der Waals surface area (Å²) < 4.78 is 51.1. The average molecular weight is 332 g/mol. The fourth-order valence-electron chi connectivity index (χ4n) is 1.81. The molecule has 1 aliphatic rings. The molecule has 2 rings (SSSR count). The molecule has 0 radical (unpaired) electrons. The van der Waals surface area contributed by atoms with Crippen molar-refractivity contribution in [3.8, 4) is 0 Å². The van der Waals surface area contributed by atoms with E-state index >= 15 is 0 Å². The maximum atomic E-state index is 11.9. The third-order valence-electron chi connectivity index (χ3n) is 3.28. The SMILES string of the molecule is CN(C)S(=O)(=O)c1ccc(CCS(=O)(=O)NC2CC2)cc1. The molecule has 0 amide bonds. The van der Waals surface area contributed by atoms with Gasteiger partial charge in [0, 0.05) is 20.1 Å². The first-order valence-corrected chi connectivity index (χ1v) is 9.81. The first kappa shape index (κ1) is 16.4. The summed E-state index contributed by atoms with van der Waals surface area (Å²) >= 11 is 0. The molecule has 1 N–H and O–H groups in total. The molecule has 1 fully saturated rings. The van der Waals surface area contributed by atoms with E-state index in [-0.39, 0.29) is 16.7 Å². The van der Waals surface area contributed by atoms with Gasteiger partial charge in [0.05, 0.1) is 10.6 Å². The lowest BCUT2D eigenvalue weighted by molar-refractivity contribution is 0.520. The maximum Gasteiger partial charge on any atom is 0.242 e. The Bertz CT molecular complexity index is 690. The first-order valence-electron chi connectivity index (χ1n) is 6.72.